The van der Waals surface area contributed by atoms with Crippen molar-refractivity contribution in [3.63, 3.8) is 0 Å². The molecule has 2 atom stereocenters. The minimum Gasteiger partial charge on any atom is -0.462 e. The second-order valence-corrected chi connectivity index (χ2v) is 9.66. The molecule has 1 N–H and O–H groups in total. The molecule has 0 aliphatic carbocycles. The summed E-state index contributed by atoms with van der Waals surface area (Å²) in [5.41, 5.74) is 0.425. The Bertz CT molecular complexity index is 1130. The number of hydrogen-bond acceptors (Lipinski definition) is 6. The number of nitrogens with one attached hydrogen (secondary N) is 1. The zero-order chi connectivity index (χ0) is 23.5. The van der Waals surface area contributed by atoms with E-state index in [1.807, 2.05) is 6.92 Å². The Morgan fingerprint density at radius 3 is 2.41 bits per heavy atom. The van der Waals surface area contributed by atoms with Crippen molar-refractivity contribution < 1.29 is 27.5 Å². The molecule has 8 nitrogen and oxygen atoms in total. The number of nitrogens with zero attached hydrogens (tertiary/aromatic N) is 1. The predicted octanol–water partition coefficient (Wildman–Crippen LogP) is 2.87. The average Bonchev–Trinajstić information content (AvgIpc) is 2.97. The van der Waals surface area contributed by atoms with E-state index >= 15 is 0 Å². The van der Waals surface area contributed by atoms with Gasteiger partial charge in [-0.25, -0.2) is 17.5 Å². The minimum atomic E-state index is -3.98. The van der Waals surface area contributed by atoms with E-state index in [4.69, 9.17) is 16.3 Å². The molecular weight excluding hydrogens is 456 g/mol. The molecule has 1 aliphatic heterocycles. The number of benzene rings is 2. The summed E-state index contributed by atoms with van der Waals surface area (Å²) in [4.78, 5) is 37.6. The molecule has 2 amide bonds. The van der Waals surface area contributed by atoms with Gasteiger partial charge in [-0.05, 0) is 42.3 Å². The van der Waals surface area contributed by atoms with Crippen LogP contribution in [0.2, 0.25) is 5.02 Å². The highest BCUT2D eigenvalue weighted by molar-refractivity contribution is 7.90. The van der Waals surface area contributed by atoms with Crippen molar-refractivity contribution >= 4 is 39.4 Å². The van der Waals surface area contributed by atoms with Gasteiger partial charge in [0.05, 0.1) is 12.1 Å². The highest BCUT2D eigenvalue weighted by Gasteiger charge is 2.40. The summed E-state index contributed by atoms with van der Waals surface area (Å²) in [6.07, 6.45) is 0.592. The first-order valence-electron chi connectivity index (χ1n) is 10.1. The van der Waals surface area contributed by atoms with E-state index in [0.717, 1.165) is 0 Å². The molecule has 0 saturated heterocycles. The van der Waals surface area contributed by atoms with E-state index in [0.29, 0.717) is 21.3 Å². The number of hydrogen-bond donors (Lipinski definition) is 1. The van der Waals surface area contributed by atoms with Gasteiger partial charge in [0.1, 0.15) is 17.5 Å². The Balaban J connectivity index is 1.64. The van der Waals surface area contributed by atoms with Gasteiger partial charge in [-0.3, -0.25) is 9.59 Å². The Kier molecular flexibility index (Phi) is 7.20. The molecule has 0 bridgehead atoms. The molecule has 1 aliphatic rings. The van der Waals surface area contributed by atoms with Crippen LogP contribution in [0, 0.1) is 5.92 Å². The minimum absolute atomic E-state index is 0.0657. The quantitative estimate of drug-likeness (QED) is 0.584. The molecule has 1 heterocycles. The number of rotatable bonds is 8. The van der Waals surface area contributed by atoms with Gasteiger partial charge < -0.3 is 10.1 Å². The molecule has 0 spiro atoms. The first-order valence-corrected chi connectivity index (χ1v) is 11.9. The largest absolute Gasteiger partial charge is 0.462 e. The Labute approximate surface area is 191 Å². The van der Waals surface area contributed by atoms with Gasteiger partial charge in [-0.15, -0.1) is 0 Å². The Morgan fingerprint density at radius 1 is 1.12 bits per heavy atom. The maximum Gasteiger partial charge on any atom is 0.328 e. The van der Waals surface area contributed by atoms with Gasteiger partial charge in [0.2, 0.25) is 0 Å². The molecule has 2 aromatic rings. The highest BCUT2D eigenvalue weighted by atomic mass is 35.5. The van der Waals surface area contributed by atoms with Crippen LogP contribution in [0.25, 0.3) is 0 Å². The van der Waals surface area contributed by atoms with Crippen molar-refractivity contribution in [2.24, 2.45) is 5.92 Å². The summed E-state index contributed by atoms with van der Waals surface area (Å²) in [6.45, 7) is 3.01. The Hall–Kier alpha value is -2.91. The fourth-order valence-corrected chi connectivity index (χ4v) is 4.94. The molecule has 10 heteroatoms. The lowest BCUT2D eigenvalue weighted by Gasteiger charge is -2.23. The van der Waals surface area contributed by atoms with Crippen LogP contribution in [0.15, 0.2) is 53.4 Å². The fraction of sp³-hybridized carbons (Fsp3) is 0.318. The third-order valence-electron chi connectivity index (χ3n) is 5.31. The first kappa shape index (κ1) is 23.7. The zero-order valence-corrected chi connectivity index (χ0v) is 19.2. The molecular formula is C22H23ClN2O6S. The van der Waals surface area contributed by atoms with Gasteiger partial charge in [0, 0.05) is 10.6 Å². The summed E-state index contributed by atoms with van der Waals surface area (Å²) in [6, 6.07) is 11.2. The molecule has 2 aromatic carbocycles. The van der Waals surface area contributed by atoms with Gasteiger partial charge in [-0.2, -0.15) is 0 Å². The third-order valence-corrected chi connectivity index (χ3v) is 7.40. The molecule has 32 heavy (non-hydrogen) atoms. The Morgan fingerprint density at radius 2 is 1.78 bits per heavy atom. The van der Waals surface area contributed by atoms with Crippen LogP contribution in [-0.4, -0.2) is 49.7 Å². The lowest BCUT2D eigenvalue weighted by Crippen LogP contribution is -2.46. The summed E-state index contributed by atoms with van der Waals surface area (Å²) in [5, 5.41) is 3.15. The van der Waals surface area contributed by atoms with Crippen LogP contribution >= 0.6 is 11.6 Å². The topological polar surface area (TPSA) is 110 Å². The number of halogens is 1. The van der Waals surface area contributed by atoms with Gasteiger partial charge in [0.25, 0.3) is 21.8 Å². The summed E-state index contributed by atoms with van der Waals surface area (Å²) >= 11 is 5.84. The van der Waals surface area contributed by atoms with Crippen LogP contribution < -0.4 is 5.32 Å². The van der Waals surface area contributed by atoms with Crippen molar-refractivity contribution in [2.75, 3.05) is 13.2 Å². The van der Waals surface area contributed by atoms with E-state index in [9.17, 15) is 22.8 Å². The van der Waals surface area contributed by atoms with Gasteiger partial charge >= 0.3 is 5.97 Å². The average molecular weight is 479 g/mol. The van der Waals surface area contributed by atoms with E-state index in [-0.39, 0.29) is 29.5 Å². The number of carbonyl (C=O) groups is 3. The molecule has 0 radical (unpaired) electrons. The molecule has 0 fully saturated rings. The maximum atomic E-state index is 12.7. The first-order chi connectivity index (χ1) is 15.2. The molecule has 0 saturated carbocycles. The third kappa shape index (κ3) is 4.78. The van der Waals surface area contributed by atoms with E-state index in [1.165, 1.54) is 30.3 Å². The lowest BCUT2D eigenvalue weighted by molar-refractivity contribution is -0.147. The van der Waals surface area contributed by atoms with Crippen molar-refractivity contribution in [2.45, 2.75) is 31.2 Å². The number of esters is 1. The zero-order valence-electron chi connectivity index (χ0n) is 17.6. The number of sulfonamides is 1. The second kappa shape index (κ2) is 9.70. The molecule has 0 aromatic heterocycles. The van der Waals surface area contributed by atoms with E-state index in [2.05, 4.69) is 5.32 Å². The lowest BCUT2D eigenvalue weighted by atomic mass is 9.99. The SMILES string of the molecule is CC[C@@H](C)[C@H](NC(=O)c1ccc(Cl)cc1)C(=O)OCCN1C(=O)c2ccccc2S1(=O)=O. The summed E-state index contributed by atoms with van der Waals surface area (Å²) in [5.74, 6) is -2.06. The van der Waals surface area contributed by atoms with Crippen LogP contribution in [0.4, 0.5) is 0 Å². The van der Waals surface area contributed by atoms with Crippen LogP contribution in [-0.2, 0) is 19.6 Å². The normalized spacial score (nSPS) is 16.2. The van der Waals surface area contributed by atoms with Crippen molar-refractivity contribution in [1.29, 1.82) is 0 Å². The molecule has 170 valence electrons. The van der Waals surface area contributed by atoms with Crippen LogP contribution in [0.5, 0.6) is 0 Å². The van der Waals surface area contributed by atoms with Gasteiger partial charge in [0.15, 0.2) is 0 Å². The monoisotopic (exact) mass is 478 g/mol. The predicted molar refractivity (Wildman–Crippen MR) is 118 cm³/mol. The van der Waals surface area contributed by atoms with Crippen LogP contribution in [0.1, 0.15) is 41.0 Å². The number of amides is 2. The van der Waals surface area contributed by atoms with Crippen molar-refractivity contribution in [1.82, 2.24) is 9.62 Å². The number of carbonyl (C=O) groups excluding carboxylic acids is 3. The van der Waals surface area contributed by atoms with E-state index in [1.54, 1.807) is 25.1 Å². The molecule has 0 unspecified atom stereocenters. The standard InChI is InChI=1S/C22H23ClN2O6S/c1-3-14(2)19(24-20(26)15-8-10-16(23)11-9-15)22(28)31-13-12-25-21(27)17-6-4-5-7-18(17)32(25,29)30/h4-11,14,19H,3,12-13H2,1-2H3,(H,24,26)/t14-,19+/m1/s1. The number of fused-ring (bicyclic) bond motifs is 1. The maximum absolute atomic E-state index is 12.7. The van der Waals surface area contributed by atoms with Crippen LogP contribution in [0.3, 0.4) is 0 Å². The second-order valence-electron chi connectivity index (χ2n) is 7.39. The van der Waals surface area contributed by atoms with Gasteiger partial charge in [-0.1, -0.05) is 44.0 Å². The fourth-order valence-electron chi connectivity index (χ4n) is 3.27. The van der Waals surface area contributed by atoms with E-state index < -0.39 is 33.8 Å². The van der Waals surface area contributed by atoms with Crippen molar-refractivity contribution in [3.8, 4) is 0 Å². The highest BCUT2D eigenvalue weighted by Crippen LogP contribution is 2.29. The summed E-state index contributed by atoms with van der Waals surface area (Å²) in [7, 11) is -3.98. The smallest absolute Gasteiger partial charge is 0.328 e. The summed E-state index contributed by atoms with van der Waals surface area (Å²) < 4.78 is 31.1. The van der Waals surface area contributed by atoms with Crippen molar-refractivity contribution in [3.05, 3.63) is 64.7 Å². The molecule has 3 rings (SSSR count). The number of ether oxygens (including phenoxy) is 1.